The maximum Gasteiger partial charge on any atom is 0.223 e. The lowest BCUT2D eigenvalue weighted by Crippen LogP contribution is -2.40. The molecule has 1 saturated heterocycles. The topological polar surface area (TPSA) is 84.7 Å². The Morgan fingerprint density at radius 2 is 1.94 bits per heavy atom. The molecule has 0 saturated carbocycles. The average Bonchev–Trinajstić information content (AvgIpc) is 3.52. The monoisotopic (exact) mass is 448 g/mol. The molecule has 1 aliphatic rings. The van der Waals surface area contributed by atoms with Crippen molar-refractivity contribution in [3.8, 4) is 17.1 Å². The largest absolute Gasteiger partial charge is 0.497 e. The smallest absolute Gasteiger partial charge is 0.223 e. The number of piperidine rings is 1. The van der Waals surface area contributed by atoms with E-state index in [9.17, 15) is 4.79 Å². The number of fused-ring (bicyclic) bond motifs is 1. The number of nitrogens with one attached hydrogen (secondary N) is 1. The highest BCUT2D eigenvalue weighted by molar-refractivity contribution is 7.09. The molecule has 164 valence electrons. The van der Waals surface area contributed by atoms with E-state index in [0.29, 0.717) is 18.0 Å². The van der Waals surface area contributed by atoms with Crippen LogP contribution in [0.15, 0.2) is 53.9 Å². The Bertz CT molecular complexity index is 1200. The van der Waals surface area contributed by atoms with Gasteiger partial charge >= 0.3 is 0 Å². The Balaban J connectivity index is 1.26. The van der Waals surface area contributed by atoms with Gasteiger partial charge in [-0.1, -0.05) is 6.07 Å². The molecule has 4 aromatic rings. The van der Waals surface area contributed by atoms with Gasteiger partial charge in [0.05, 0.1) is 13.7 Å². The molecule has 0 spiro atoms. The van der Waals surface area contributed by atoms with Crippen LogP contribution < -0.4 is 15.0 Å². The Labute approximate surface area is 189 Å². The van der Waals surface area contributed by atoms with Crippen molar-refractivity contribution in [3.63, 3.8) is 0 Å². The molecule has 5 rings (SSSR count). The van der Waals surface area contributed by atoms with E-state index in [1.165, 1.54) is 4.88 Å². The Kier molecular flexibility index (Phi) is 5.72. The van der Waals surface area contributed by atoms with Gasteiger partial charge in [-0.05, 0) is 60.7 Å². The molecule has 0 bridgehead atoms. The van der Waals surface area contributed by atoms with E-state index in [4.69, 9.17) is 9.84 Å². The molecule has 32 heavy (non-hydrogen) atoms. The number of carbonyl (C=O) groups is 1. The molecule has 0 aliphatic carbocycles. The van der Waals surface area contributed by atoms with Gasteiger partial charge in [0.2, 0.25) is 5.91 Å². The number of thiophene rings is 1. The number of benzene rings is 1. The van der Waals surface area contributed by atoms with Crippen LogP contribution in [0.25, 0.3) is 17.0 Å². The molecule has 4 heterocycles. The summed E-state index contributed by atoms with van der Waals surface area (Å²) < 4.78 is 7.01. The van der Waals surface area contributed by atoms with Crippen LogP contribution in [-0.2, 0) is 11.3 Å². The molecular formula is C23H24N6O2S. The summed E-state index contributed by atoms with van der Waals surface area (Å²) in [6, 6.07) is 15.6. The van der Waals surface area contributed by atoms with Gasteiger partial charge in [0.15, 0.2) is 11.5 Å². The summed E-state index contributed by atoms with van der Waals surface area (Å²) in [6.07, 6.45) is 1.62. The molecule has 0 unspecified atom stereocenters. The van der Waals surface area contributed by atoms with Gasteiger partial charge in [-0.15, -0.1) is 26.6 Å². The van der Waals surface area contributed by atoms with Crippen molar-refractivity contribution in [2.45, 2.75) is 19.4 Å². The highest BCUT2D eigenvalue weighted by Crippen LogP contribution is 2.25. The number of hydrogen-bond donors (Lipinski definition) is 1. The van der Waals surface area contributed by atoms with E-state index in [-0.39, 0.29) is 11.8 Å². The van der Waals surface area contributed by atoms with Crippen molar-refractivity contribution < 1.29 is 9.53 Å². The molecule has 1 aromatic carbocycles. The van der Waals surface area contributed by atoms with Crippen LogP contribution in [0.2, 0.25) is 0 Å². The van der Waals surface area contributed by atoms with Crippen molar-refractivity contribution in [2.24, 2.45) is 5.92 Å². The maximum atomic E-state index is 12.6. The van der Waals surface area contributed by atoms with E-state index in [0.717, 1.165) is 43.1 Å². The van der Waals surface area contributed by atoms with Crippen LogP contribution in [0, 0.1) is 5.92 Å². The summed E-state index contributed by atoms with van der Waals surface area (Å²) in [7, 11) is 1.64. The van der Waals surface area contributed by atoms with E-state index in [2.05, 4.69) is 20.4 Å². The number of carbonyl (C=O) groups excluding carboxylic acids is 1. The van der Waals surface area contributed by atoms with Crippen LogP contribution in [0.3, 0.4) is 0 Å². The van der Waals surface area contributed by atoms with Gasteiger partial charge in [0.1, 0.15) is 11.6 Å². The summed E-state index contributed by atoms with van der Waals surface area (Å²) >= 11 is 1.66. The predicted molar refractivity (Wildman–Crippen MR) is 124 cm³/mol. The van der Waals surface area contributed by atoms with Gasteiger partial charge in [0.25, 0.3) is 0 Å². The zero-order valence-corrected chi connectivity index (χ0v) is 18.6. The molecule has 1 fully saturated rings. The van der Waals surface area contributed by atoms with Crippen molar-refractivity contribution in [2.75, 3.05) is 25.1 Å². The van der Waals surface area contributed by atoms with Crippen LogP contribution >= 0.6 is 11.3 Å². The summed E-state index contributed by atoms with van der Waals surface area (Å²) in [6.45, 7) is 2.18. The number of aromatic nitrogens is 4. The zero-order chi connectivity index (χ0) is 21.9. The third-order valence-corrected chi connectivity index (χ3v) is 6.68. The normalized spacial score (nSPS) is 14.6. The van der Waals surface area contributed by atoms with Crippen LogP contribution in [-0.4, -0.2) is 45.9 Å². The van der Waals surface area contributed by atoms with Crippen molar-refractivity contribution in [3.05, 3.63) is 58.8 Å². The quantitative estimate of drug-likeness (QED) is 0.487. The molecule has 0 atom stereocenters. The van der Waals surface area contributed by atoms with Gasteiger partial charge in [-0.25, -0.2) is 0 Å². The molecule has 0 radical (unpaired) electrons. The summed E-state index contributed by atoms with van der Waals surface area (Å²) in [4.78, 5) is 16.0. The highest BCUT2D eigenvalue weighted by Gasteiger charge is 2.26. The SMILES string of the molecule is COc1ccc(-c2nnc3ccc(N4CCC(C(=O)NCc5cccs5)CC4)nn23)cc1. The standard InChI is InChI=1S/C23H24N6O2S/c1-31-18-6-4-16(5-7-18)22-26-25-20-8-9-21(27-29(20)22)28-12-10-17(11-13-28)23(30)24-15-19-3-2-14-32-19/h2-9,14,17H,10-13,15H2,1H3,(H,24,30). The van der Waals surface area contributed by atoms with E-state index < -0.39 is 0 Å². The van der Waals surface area contributed by atoms with Crippen molar-refractivity contribution in [1.29, 1.82) is 0 Å². The molecular weight excluding hydrogens is 424 g/mol. The van der Waals surface area contributed by atoms with Crippen LogP contribution in [0.4, 0.5) is 5.82 Å². The number of ether oxygens (including phenoxy) is 1. The van der Waals surface area contributed by atoms with E-state index in [1.807, 2.05) is 53.9 Å². The third kappa shape index (κ3) is 4.16. The highest BCUT2D eigenvalue weighted by atomic mass is 32.1. The number of nitrogens with zero attached hydrogens (tertiary/aromatic N) is 5. The maximum absolute atomic E-state index is 12.6. The van der Waals surface area contributed by atoms with E-state index in [1.54, 1.807) is 23.0 Å². The lowest BCUT2D eigenvalue weighted by atomic mass is 9.96. The number of hydrogen-bond acceptors (Lipinski definition) is 7. The minimum absolute atomic E-state index is 0.0414. The first kappa shape index (κ1) is 20.4. The van der Waals surface area contributed by atoms with Gasteiger partial charge in [0, 0.05) is 29.4 Å². The number of amides is 1. The molecule has 1 amide bonds. The van der Waals surface area contributed by atoms with Crippen molar-refractivity contribution in [1.82, 2.24) is 25.1 Å². The molecule has 1 N–H and O–H groups in total. The van der Waals surface area contributed by atoms with Crippen LogP contribution in [0.5, 0.6) is 5.75 Å². The van der Waals surface area contributed by atoms with Crippen LogP contribution in [0.1, 0.15) is 17.7 Å². The third-order valence-electron chi connectivity index (χ3n) is 5.80. The number of anilines is 1. The van der Waals surface area contributed by atoms with Gasteiger partial charge in [-0.3, -0.25) is 4.79 Å². The average molecular weight is 449 g/mol. The minimum atomic E-state index is 0.0414. The summed E-state index contributed by atoms with van der Waals surface area (Å²) in [5.41, 5.74) is 1.62. The predicted octanol–water partition coefficient (Wildman–Crippen LogP) is 3.39. The zero-order valence-electron chi connectivity index (χ0n) is 17.8. The number of methoxy groups -OCH3 is 1. The van der Waals surface area contributed by atoms with Crippen molar-refractivity contribution >= 4 is 28.7 Å². The Morgan fingerprint density at radius 1 is 1.12 bits per heavy atom. The molecule has 9 heteroatoms. The Hall–Kier alpha value is -3.46. The second-order valence-corrected chi connectivity index (χ2v) is 8.80. The molecule has 8 nitrogen and oxygen atoms in total. The lowest BCUT2D eigenvalue weighted by Gasteiger charge is -2.32. The lowest BCUT2D eigenvalue weighted by molar-refractivity contribution is -0.125. The fourth-order valence-corrected chi connectivity index (χ4v) is 4.62. The number of rotatable bonds is 6. The van der Waals surface area contributed by atoms with E-state index >= 15 is 0 Å². The molecule has 1 aliphatic heterocycles. The van der Waals surface area contributed by atoms with Gasteiger partial charge < -0.3 is 15.0 Å². The van der Waals surface area contributed by atoms with Gasteiger partial charge in [-0.2, -0.15) is 4.52 Å². The summed E-state index contributed by atoms with van der Waals surface area (Å²) in [5, 5.41) is 18.5. The first-order valence-electron chi connectivity index (χ1n) is 10.6. The fourth-order valence-electron chi connectivity index (χ4n) is 3.97. The fraction of sp³-hybridized carbons (Fsp3) is 0.304. The second-order valence-electron chi connectivity index (χ2n) is 7.77. The Morgan fingerprint density at radius 3 is 2.66 bits per heavy atom. The minimum Gasteiger partial charge on any atom is -0.497 e. The first-order chi connectivity index (χ1) is 15.7. The first-order valence-corrected chi connectivity index (χ1v) is 11.5. The summed E-state index contributed by atoms with van der Waals surface area (Å²) in [5.74, 6) is 2.53. The molecule has 3 aromatic heterocycles. The second kappa shape index (κ2) is 8.96.